The number of rotatable bonds is 2. The molecule has 4 rings (SSSR count). The number of nitrogens with two attached hydrogens (primary N) is 1. The lowest BCUT2D eigenvalue weighted by Crippen LogP contribution is -2.65. The van der Waals surface area contributed by atoms with Crippen LogP contribution in [0.1, 0.15) is 29.3 Å². The number of aliphatic hydroxyl groups is 4. The predicted molar refractivity (Wildman–Crippen MR) is 120 cm³/mol. The molecule has 1 amide bonds. The number of carbonyl (C=O) groups is 4. The van der Waals surface area contributed by atoms with Crippen molar-refractivity contribution in [2.45, 2.75) is 30.6 Å². The third kappa shape index (κ3) is 3.59. The highest BCUT2D eigenvalue weighted by Crippen LogP contribution is 2.56. The van der Waals surface area contributed by atoms with Gasteiger partial charge in [-0.2, -0.15) is 0 Å². The molecule has 5 atom stereocenters. The summed E-state index contributed by atoms with van der Waals surface area (Å²) in [6, 6.07) is 3.05. The van der Waals surface area contributed by atoms with E-state index in [1.807, 2.05) is 0 Å². The van der Waals surface area contributed by atoms with Crippen molar-refractivity contribution < 1.29 is 54.9 Å². The number of ketones is 2. The Morgan fingerprint density at radius 2 is 1.64 bits per heavy atom. The molecule has 1 aromatic rings. The van der Waals surface area contributed by atoms with Crippen LogP contribution in [0.25, 0.3) is 0 Å². The second-order valence-corrected chi connectivity index (χ2v) is 9.24. The number of carbonyl (C=O) groups excluding carboxylic acids is 3. The summed E-state index contributed by atoms with van der Waals surface area (Å²) >= 11 is 0. The molecule has 0 aromatic heterocycles. The molecule has 0 saturated carbocycles. The van der Waals surface area contributed by atoms with Crippen LogP contribution < -0.4 is 5.73 Å². The molecule has 0 saturated heterocycles. The molecule has 0 spiro atoms. The third-order valence-corrected chi connectivity index (χ3v) is 7.02. The Labute approximate surface area is 204 Å². The molecule has 0 bridgehead atoms. The first-order valence-corrected chi connectivity index (χ1v) is 10.6. The van der Waals surface area contributed by atoms with Crippen LogP contribution in [0.4, 0.5) is 4.79 Å². The van der Waals surface area contributed by atoms with Gasteiger partial charge in [-0.3, -0.25) is 19.3 Å². The average Bonchev–Trinajstić information content (AvgIpc) is 2.73. The van der Waals surface area contributed by atoms with Crippen molar-refractivity contribution in [1.82, 2.24) is 4.90 Å². The lowest BCUT2D eigenvalue weighted by atomic mass is 9.55. The summed E-state index contributed by atoms with van der Waals surface area (Å²) in [6.07, 6.45) is -2.03. The summed E-state index contributed by atoms with van der Waals surface area (Å²) < 4.78 is 0. The molecule has 13 heteroatoms. The van der Waals surface area contributed by atoms with E-state index in [0.29, 0.717) is 0 Å². The number of phenolic OH excluding ortho intramolecular Hbond substituents is 1. The van der Waals surface area contributed by atoms with Crippen LogP contribution in [0.15, 0.2) is 40.9 Å². The lowest BCUT2D eigenvalue weighted by molar-refractivity contribution is -0.151. The third-order valence-electron chi connectivity index (χ3n) is 7.02. The molecule has 3 aliphatic rings. The van der Waals surface area contributed by atoms with Crippen molar-refractivity contribution >= 4 is 23.6 Å². The molecule has 0 unspecified atom stereocenters. The van der Waals surface area contributed by atoms with E-state index in [-0.39, 0.29) is 17.5 Å². The fraction of sp³-hybridized carbons (Fsp3) is 0.391. The average molecular weight is 506 g/mol. The standard InChI is InChI=1S/C22H24N2O8.CH2O3/c1-21(31)8-5-4-6-11(25)12(8)16(26)13-9(21)7-10-15(24(2)3)17(27)14(20(23)30)19(29)22(10,32)18(13)28;2-1(3)4/h4-6,9-10,15,25,27-28,31-32H,7H2,1-3H3,(H2,23,30);(H2,2,3,4)/t9-,10-,15-,21+,22-;/m0./s1. The molecular formula is C23H26N2O11. The van der Waals surface area contributed by atoms with E-state index in [1.54, 1.807) is 0 Å². The zero-order valence-corrected chi connectivity index (χ0v) is 19.5. The fourth-order valence-corrected chi connectivity index (χ4v) is 5.51. The van der Waals surface area contributed by atoms with E-state index in [1.165, 1.54) is 44.1 Å². The zero-order chi connectivity index (χ0) is 27.5. The summed E-state index contributed by atoms with van der Waals surface area (Å²) in [5.74, 6) is -7.89. The summed E-state index contributed by atoms with van der Waals surface area (Å²) in [7, 11) is 3.06. The second kappa shape index (κ2) is 8.62. The molecule has 0 heterocycles. The number of Topliss-reactive ketones (excluding diaryl/α,β-unsaturated/α-hetero) is 2. The van der Waals surface area contributed by atoms with Crippen molar-refractivity contribution in [3.8, 4) is 5.75 Å². The van der Waals surface area contributed by atoms with Crippen LogP contribution in [-0.4, -0.2) is 90.0 Å². The van der Waals surface area contributed by atoms with Gasteiger partial charge in [-0.25, -0.2) is 4.79 Å². The SMILES string of the molecule is CN(C)[C@@H]1C(O)=C(C(N)=O)C(=O)[C@@]2(O)C(O)=C3C(=O)c4c(O)cccc4[C@@](C)(O)[C@H]3C[C@@H]12.O=C(O)O. The molecular weight excluding hydrogens is 480 g/mol. The number of carboxylic acid groups (broad SMARTS) is 2. The molecule has 1 aromatic carbocycles. The van der Waals surface area contributed by atoms with Crippen LogP contribution in [-0.2, 0) is 15.2 Å². The Kier molecular flexibility index (Phi) is 6.38. The van der Waals surface area contributed by atoms with Crippen LogP contribution in [0.3, 0.4) is 0 Å². The second-order valence-electron chi connectivity index (χ2n) is 9.24. The molecule has 0 aliphatic heterocycles. The fourth-order valence-electron chi connectivity index (χ4n) is 5.51. The highest BCUT2D eigenvalue weighted by molar-refractivity contribution is 6.24. The molecule has 36 heavy (non-hydrogen) atoms. The number of aromatic hydroxyl groups is 1. The number of benzene rings is 1. The molecule has 9 N–H and O–H groups in total. The number of amides is 1. The number of aliphatic hydroxyl groups excluding tert-OH is 2. The van der Waals surface area contributed by atoms with Gasteiger partial charge in [-0.05, 0) is 39.1 Å². The number of fused-ring (bicyclic) bond motifs is 3. The van der Waals surface area contributed by atoms with Crippen LogP contribution in [0.2, 0.25) is 0 Å². The Hall–Kier alpha value is -3.94. The Morgan fingerprint density at radius 1 is 1.08 bits per heavy atom. The summed E-state index contributed by atoms with van der Waals surface area (Å²) in [6.45, 7) is 1.40. The van der Waals surface area contributed by atoms with Gasteiger partial charge in [-0.1, -0.05) is 12.1 Å². The Bertz CT molecular complexity index is 1240. The molecule has 13 nitrogen and oxygen atoms in total. The van der Waals surface area contributed by atoms with Crippen LogP contribution in [0, 0.1) is 11.8 Å². The molecule has 194 valence electrons. The minimum Gasteiger partial charge on any atom is -0.510 e. The maximum atomic E-state index is 13.3. The normalized spacial score (nSPS) is 31.2. The van der Waals surface area contributed by atoms with Gasteiger partial charge in [0.15, 0.2) is 11.4 Å². The van der Waals surface area contributed by atoms with E-state index in [4.69, 9.17) is 20.7 Å². The number of primary amides is 1. The Balaban J connectivity index is 0.000000840. The van der Waals surface area contributed by atoms with Gasteiger partial charge in [0.1, 0.15) is 22.8 Å². The quantitative estimate of drug-likeness (QED) is 0.247. The van der Waals surface area contributed by atoms with E-state index >= 15 is 0 Å². The molecule has 0 fully saturated rings. The van der Waals surface area contributed by atoms with Gasteiger partial charge >= 0.3 is 6.16 Å². The first-order valence-electron chi connectivity index (χ1n) is 10.6. The maximum absolute atomic E-state index is 13.3. The topological polar surface area (TPSA) is 239 Å². The number of likely N-dealkylation sites (N-methyl/N-ethyl adjacent to an activating group) is 1. The maximum Gasteiger partial charge on any atom is 0.503 e. The summed E-state index contributed by atoms with van der Waals surface area (Å²) in [4.78, 5) is 48.4. The predicted octanol–water partition coefficient (Wildman–Crippen LogP) is 0.00800. The van der Waals surface area contributed by atoms with Crippen molar-refractivity contribution in [3.05, 3.63) is 52.0 Å². The van der Waals surface area contributed by atoms with Gasteiger partial charge in [0.05, 0.1) is 17.2 Å². The van der Waals surface area contributed by atoms with Crippen molar-refractivity contribution in [1.29, 1.82) is 0 Å². The molecule has 0 radical (unpaired) electrons. The summed E-state index contributed by atoms with van der Waals surface area (Å²) in [5.41, 5.74) is -0.654. The van der Waals surface area contributed by atoms with Gasteiger partial charge in [0, 0.05) is 17.4 Å². The minimum atomic E-state index is -2.75. The smallest absolute Gasteiger partial charge is 0.503 e. The number of nitrogens with zero attached hydrogens (tertiary/aromatic N) is 1. The highest BCUT2D eigenvalue weighted by atomic mass is 16.6. The van der Waals surface area contributed by atoms with Gasteiger partial charge in [0.25, 0.3) is 5.91 Å². The Morgan fingerprint density at radius 3 is 2.14 bits per heavy atom. The number of hydrogen-bond donors (Lipinski definition) is 8. The largest absolute Gasteiger partial charge is 0.510 e. The number of hydrogen-bond acceptors (Lipinski definition) is 10. The highest BCUT2D eigenvalue weighted by Gasteiger charge is 2.65. The lowest BCUT2D eigenvalue weighted by Gasteiger charge is -2.52. The number of phenols is 1. The van der Waals surface area contributed by atoms with Crippen LogP contribution in [0.5, 0.6) is 5.75 Å². The van der Waals surface area contributed by atoms with E-state index < -0.39 is 81.1 Å². The van der Waals surface area contributed by atoms with Crippen molar-refractivity contribution in [2.24, 2.45) is 17.6 Å². The van der Waals surface area contributed by atoms with E-state index in [9.17, 15) is 39.9 Å². The van der Waals surface area contributed by atoms with Gasteiger partial charge in [0.2, 0.25) is 5.78 Å². The van der Waals surface area contributed by atoms with E-state index in [0.717, 1.165) is 0 Å². The monoisotopic (exact) mass is 506 g/mol. The first kappa shape index (κ1) is 26.7. The summed E-state index contributed by atoms with van der Waals surface area (Å²) in [5, 5.41) is 69.0. The van der Waals surface area contributed by atoms with Gasteiger partial charge in [-0.15, -0.1) is 0 Å². The molecule has 3 aliphatic carbocycles. The van der Waals surface area contributed by atoms with Crippen LogP contribution >= 0.6 is 0 Å². The van der Waals surface area contributed by atoms with Crippen molar-refractivity contribution in [2.75, 3.05) is 14.1 Å². The van der Waals surface area contributed by atoms with E-state index in [2.05, 4.69) is 0 Å². The van der Waals surface area contributed by atoms with Gasteiger partial charge < -0.3 is 41.5 Å². The first-order chi connectivity index (χ1) is 16.5. The van der Waals surface area contributed by atoms with Crippen molar-refractivity contribution in [3.63, 3.8) is 0 Å². The minimum absolute atomic E-state index is 0.135. The zero-order valence-electron chi connectivity index (χ0n) is 19.5.